The summed E-state index contributed by atoms with van der Waals surface area (Å²) in [7, 11) is -2.27. The SMILES string of the molecule is COC(=O)C(C1CC1)S(=O)(=O)Cc1ccccc1. The molecule has 0 aliphatic heterocycles. The van der Waals surface area contributed by atoms with E-state index in [2.05, 4.69) is 4.74 Å². The molecule has 2 rings (SSSR count). The van der Waals surface area contributed by atoms with Gasteiger partial charge in [-0.15, -0.1) is 0 Å². The second-order valence-electron chi connectivity index (χ2n) is 4.57. The van der Waals surface area contributed by atoms with Gasteiger partial charge >= 0.3 is 5.97 Å². The van der Waals surface area contributed by atoms with Gasteiger partial charge in [0.1, 0.15) is 0 Å². The van der Waals surface area contributed by atoms with Gasteiger partial charge in [-0.05, 0) is 24.3 Å². The number of methoxy groups -OCH3 is 1. The summed E-state index contributed by atoms with van der Waals surface area (Å²) < 4.78 is 29.2. The number of rotatable bonds is 5. The third-order valence-electron chi connectivity index (χ3n) is 3.08. The van der Waals surface area contributed by atoms with Gasteiger partial charge in [-0.3, -0.25) is 4.79 Å². The molecule has 1 saturated carbocycles. The van der Waals surface area contributed by atoms with E-state index in [0.29, 0.717) is 5.56 Å². The molecule has 4 nitrogen and oxygen atoms in total. The molecular weight excluding hydrogens is 252 g/mol. The van der Waals surface area contributed by atoms with Gasteiger partial charge in [0.2, 0.25) is 0 Å². The van der Waals surface area contributed by atoms with Gasteiger partial charge in [-0.25, -0.2) is 8.42 Å². The van der Waals surface area contributed by atoms with Crippen molar-refractivity contribution in [1.29, 1.82) is 0 Å². The van der Waals surface area contributed by atoms with Crippen LogP contribution in [0.25, 0.3) is 0 Å². The van der Waals surface area contributed by atoms with Crippen molar-refractivity contribution in [2.24, 2.45) is 5.92 Å². The summed E-state index contributed by atoms with van der Waals surface area (Å²) in [5.41, 5.74) is 0.701. The zero-order valence-electron chi connectivity index (χ0n) is 10.2. The molecule has 0 saturated heterocycles. The molecule has 0 aromatic heterocycles. The number of esters is 1. The first kappa shape index (κ1) is 13.1. The van der Waals surface area contributed by atoms with Crippen LogP contribution >= 0.6 is 0 Å². The molecule has 0 bridgehead atoms. The molecule has 1 aromatic carbocycles. The molecule has 0 N–H and O–H groups in total. The Morgan fingerprint density at radius 2 is 1.94 bits per heavy atom. The number of benzene rings is 1. The third kappa shape index (κ3) is 2.90. The molecule has 98 valence electrons. The minimum Gasteiger partial charge on any atom is -0.468 e. The van der Waals surface area contributed by atoms with Crippen molar-refractivity contribution in [1.82, 2.24) is 0 Å². The zero-order valence-corrected chi connectivity index (χ0v) is 11.0. The molecule has 1 atom stereocenters. The van der Waals surface area contributed by atoms with Crippen LogP contribution in [0.5, 0.6) is 0 Å². The monoisotopic (exact) mass is 268 g/mol. The summed E-state index contributed by atoms with van der Waals surface area (Å²) in [6, 6.07) is 8.90. The van der Waals surface area contributed by atoms with E-state index in [1.165, 1.54) is 7.11 Å². The first-order valence-electron chi connectivity index (χ1n) is 5.88. The van der Waals surface area contributed by atoms with E-state index in [0.717, 1.165) is 12.8 Å². The summed E-state index contributed by atoms with van der Waals surface area (Å²) in [4.78, 5) is 11.6. The third-order valence-corrected chi connectivity index (χ3v) is 5.17. The molecule has 18 heavy (non-hydrogen) atoms. The van der Waals surface area contributed by atoms with Gasteiger partial charge in [0.05, 0.1) is 12.9 Å². The molecule has 1 aliphatic rings. The Morgan fingerprint density at radius 1 is 1.33 bits per heavy atom. The fraction of sp³-hybridized carbons (Fsp3) is 0.462. The Bertz CT molecular complexity index is 517. The predicted octanol–water partition coefficient (Wildman–Crippen LogP) is 1.55. The fourth-order valence-electron chi connectivity index (χ4n) is 2.04. The average molecular weight is 268 g/mol. The van der Waals surface area contributed by atoms with Crippen LogP contribution in [0.2, 0.25) is 0 Å². The molecule has 1 unspecified atom stereocenters. The highest BCUT2D eigenvalue weighted by Crippen LogP contribution is 2.37. The smallest absolute Gasteiger partial charge is 0.324 e. The van der Waals surface area contributed by atoms with E-state index in [-0.39, 0.29) is 11.7 Å². The van der Waals surface area contributed by atoms with Crippen LogP contribution in [-0.4, -0.2) is 26.7 Å². The summed E-state index contributed by atoms with van der Waals surface area (Å²) in [5.74, 6) is -0.802. The molecule has 0 spiro atoms. The number of carbonyl (C=O) groups is 1. The normalized spacial score (nSPS) is 17.2. The van der Waals surface area contributed by atoms with Crippen LogP contribution in [-0.2, 0) is 25.1 Å². The topological polar surface area (TPSA) is 60.4 Å². The predicted molar refractivity (Wildman–Crippen MR) is 67.6 cm³/mol. The number of ether oxygens (including phenoxy) is 1. The van der Waals surface area contributed by atoms with Crippen LogP contribution in [0.15, 0.2) is 30.3 Å². The Hall–Kier alpha value is -1.36. The van der Waals surface area contributed by atoms with Crippen molar-refractivity contribution >= 4 is 15.8 Å². The van der Waals surface area contributed by atoms with Crippen molar-refractivity contribution < 1.29 is 17.9 Å². The minimum absolute atomic E-state index is 0.0637. The molecule has 1 aliphatic carbocycles. The Kier molecular flexibility index (Phi) is 3.71. The fourth-order valence-corrected chi connectivity index (χ4v) is 4.13. The largest absolute Gasteiger partial charge is 0.468 e. The molecule has 0 amide bonds. The van der Waals surface area contributed by atoms with E-state index in [9.17, 15) is 13.2 Å². The standard InChI is InChI=1S/C13H16O4S/c1-17-13(14)12(11-7-8-11)18(15,16)9-10-5-3-2-4-6-10/h2-6,11-12H,7-9H2,1H3. The van der Waals surface area contributed by atoms with E-state index in [1.54, 1.807) is 24.3 Å². The molecular formula is C13H16O4S. The van der Waals surface area contributed by atoms with Crippen molar-refractivity contribution in [3.05, 3.63) is 35.9 Å². The van der Waals surface area contributed by atoms with E-state index in [1.807, 2.05) is 6.07 Å². The molecule has 0 radical (unpaired) electrons. The molecule has 0 heterocycles. The lowest BCUT2D eigenvalue weighted by molar-refractivity contribution is -0.140. The second kappa shape index (κ2) is 5.10. The van der Waals surface area contributed by atoms with Crippen molar-refractivity contribution in [3.8, 4) is 0 Å². The average Bonchev–Trinajstić information content (AvgIpc) is 3.13. The number of hydrogen-bond acceptors (Lipinski definition) is 4. The minimum atomic E-state index is -3.50. The van der Waals surface area contributed by atoms with Gasteiger partial charge in [-0.1, -0.05) is 30.3 Å². The highest BCUT2D eigenvalue weighted by molar-refractivity contribution is 7.92. The van der Waals surface area contributed by atoms with Crippen molar-refractivity contribution in [2.75, 3.05) is 7.11 Å². The van der Waals surface area contributed by atoms with E-state index < -0.39 is 21.1 Å². The van der Waals surface area contributed by atoms with Crippen LogP contribution < -0.4 is 0 Å². The Morgan fingerprint density at radius 3 is 2.44 bits per heavy atom. The van der Waals surface area contributed by atoms with Crippen molar-refractivity contribution in [3.63, 3.8) is 0 Å². The first-order valence-corrected chi connectivity index (χ1v) is 7.59. The maximum Gasteiger partial charge on any atom is 0.324 e. The number of carbonyl (C=O) groups excluding carboxylic acids is 1. The lowest BCUT2D eigenvalue weighted by atomic mass is 10.2. The molecule has 1 fully saturated rings. The summed E-state index contributed by atoms with van der Waals surface area (Å²) in [6.45, 7) is 0. The van der Waals surface area contributed by atoms with Gasteiger partial charge in [0.15, 0.2) is 15.1 Å². The van der Waals surface area contributed by atoms with E-state index >= 15 is 0 Å². The molecule has 5 heteroatoms. The Labute approximate surface area is 107 Å². The highest BCUT2D eigenvalue weighted by atomic mass is 32.2. The summed E-state index contributed by atoms with van der Waals surface area (Å²) >= 11 is 0. The lowest BCUT2D eigenvalue weighted by Gasteiger charge is -2.14. The van der Waals surface area contributed by atoms with Crippen LogP contribution in [0.1, 0.15) is 18.4 Å². The summed E-state index contributed by atoms with van der Waals surface area (Å²) in [6.07, 6.45) is 1.57. The quantitative estimate of drug-likeness (QED) is 0.760. The Balaban J connectivity index is 2.21. The van der Waals surface area contributed by atoms with Gasteiger partial charge in [-0.2, -0.15) is 0 Å². The second-order valence-corrected chi connectivity index (χ2v) is 6.70. The number of sulfone groups is 1. The first-order chi connectivity index (χ1) is 8.54. The van der Waals surface area contributed by atoms with Gasteiger partial charge in [0, 0.05) is 0 Å². The molecule has 1 aromatic rings. The van der Waals surface area contributed by atoms with E-state index in [4.69, 9.17) is 0 Å². The summed E-state index contributed by atoms with van der Waals surface area (Å²) in [5, 5.41) is -0.997. The van der Waals surface area contributed by atoms with Crippen LogP contribution in [0.3, 0.4) is 0 Å². The van der Waals surface area contributed by atoms with Crippen LogP contribution in [0.4, 0.5) is 0 Å². The zero-order chi connectivity index (χ0) is 13.2. The van der Waals surface area contributed by atoms with Crippen molar-refractivity contribution in [2.45, 2.75) is 23.8 Å². The van der Waals surface area contributed by atoms with Gasteiger partial charge in [0.25, 0.3) is 0 Å². The van der Waals surface area contributed by atoms with Crippen LogP contribution in [0, 0.1) is 5.92 Å². The highest BCUT2D eigenvalue weighted by Gasteiger charge is 2.45. The van der Waals surface area contributed by atoms with Gasteiger partial charge < -0.3 is 4.74 Å². The number of hydrogen-bond donors (Lipinski definition) is 0. The maximum absolute atomic E-state index is 12.3. The maximum atomic E-state index is 12.3. The lowest BCUT2D eigenvalue weighted by Crippen LogP contribution is -2.34.